The maximum atomic E-state index is 13.3. The Morgan fingerprint density at radius 2 is 1.69 bits per heavy atom. The van der Waals surface area contributed by atoms with Gasteiger partial charge in [-0.25, -0.2) is 13.4 Å². The summed E-state index contributed by atoms with van der Waals surface area (Å²) in [4.78, 5) is 10.8. The Balaban J connectivity index is 1.60. The largest absolute Gasteiger partial charge is 0.495 e. The molecule has 29 heavy (non-hydrogen) atoms. The van der Waals surface area contributed by atoms with Crippen LogP contribution in [0, 0.1) is 20.8 Å². The molecule has 4 rings (SSSR count). The van der Waals surface area contributed by atoms with Crippen molar-refractivity contribution >= 4 is 21.6 Å². The second-order valence-corrected chi connectivity index (χ2v) is 9.11. The van der Waals surface area contributed by atoms with E-state index in [9.17, 15) is 8.42 Å². The number of aryl methyl sites for hydroxylation is 3. The fourth-order valence-corrected chi connectivity index (χ4v) is 5.20. The molecule has 0 unspecified atom stereocenters. The number of anilines is 1. The van der Waals surface area contributed by atoms with Crippen molar-refractivity contribution in [1.82, 2.24) is 23.9 Å². The molecule has 0 aliphatic carbocycles. The predicted molar refractivity (Wildman–Crippen MR) is 109 cm³/mol. The van der Waals surface area contributed by atoms with Crippen molar-refractivity contribution in [3.63, 3.8) is 0 Å². The molecular weight excluding hydrogens is 392 g/mol. The lowest BCUT2D eigenvalue weighted by molar-refractivity contribution is 0.373. The van der Waals surface area contributed by atoms with E-state index in [0.717, 1.165) is 22.6 Å². The molecule has 1 saturated heterocycles. The molecule has 1 fully saturated rings. The second kappa shape index (κ2) is 7.27. The Bertz CT molecular complexity index is 1170. The Morgan fingerprint density at radius 1 is 1.00 bits per heavy atom. The maximum absolute atomic E-state index is 13.3. The zero-order valence-corrected chi connectivity index (χ0v) is 17.8. The molecule has 3 aromatic rings. The van der Waals surface area contributed by atoms with Crippen LogP contribution in [0.5, 0.6) is 5.75 Å². The monoisotopic (exact) mass is 416 g/mol. The van der Waals surface area contributed by atoms with Gasteiger partial charge in [0.2, 0.25) is 10.0 Å². The van der Waals surface area contributed by atoms with Crippen molar-refractivity contribution in [3.05, 3.63) is 41.3 Å². The average Bonchev–Trinajstić information content (AvgIpc) is 3.17. The Labute approximate surface area is 170 Å². The molecule has 3 heterocycles. The number of piperazine rings is 1. The van der Waals surface area contributed by atoms with Gasteiger partial charge in [0.05, 0.1) is 7.11 Å². The summed E-state index contributed by atoms with van der Waals surface area (Å²) >= 11 is 0. The molecule has 0 radical (unpaired) electrons. The number of methoxy groups -OCH3 is 1. The van der Waals surface area contributed by atoms with Gasteiger partial charge in [-0.05, 0) is 44.0 Å². The van der Waals surface area contributed by atoms with E-state index in [0.29, 0.717) is 37.7 Å². The van der Waals surface area contributed by atoms with Gasteiger partial charge in [0.25, 0.3) is 5.78 Å². The third-order valence-corrected chi connectivity index (χ3v) is 7.24. The van der Waals surface area contributed by atoms with Gasteiger partial charge in [-0.3, -0.25) is 0 Å². The Kier molecular flexibility index (Phi) is 4.91. The molecule has 0 N–H and O–H groups in total. The van der Waals surface area contributed by atoms with E-state index in [1.54, 1.807) is 16.6 Å². The molecule has 0 saturated carbocycles. The van der Waals surface area contributed by atoms with Crippen LogP contribution in [0.3, 0.4) is 0 Å². The lowest BCUT2D eigenvalue weighted by Crippen LogP contribution is -2.49. The van der Waals surface area contributed by atoms with Gasteiger partial charge in [0.15, 0.2) is 0 Å². The standard InChI is InChI=1S/C19H24N6O3S/c1-13-9-16(28-4)17(10-14(13)2)29(26,27)24-7-5-23(6-8-24)18-11-15(3)22-19-20-12-21-25(18)19/h9-12H,5-8H2,1-4H3. The minimum Gasteiger partial charge on any atom is -0.495 e. The number of ether oxygens (including phenoxy) is 1. The molecule has 1 aliphatic heterocycles. The number of rotatable bonds is 4. The zero-order chi connectivity index (χ0) is 20.8. The van der Waals surface area contributed by atoms with E-state index in [1.165, 1.54) is 17.7 Å². The van der Waals surface area contributed by atoms with Crippen LogP contribution >= 0.6 is 0 Å². The summed E-state index contributed by atoms with van der Waals surface area (Å²) in [6, 6.07) is 5.42. The molecule has 2 aromatic heterocycles. The fraction of sp³-hybridized carbons (Fsp3) is 0.421. The highest BCUT2D eigenvalue weighted by Gasteiger charge is 2.32. The first-order valence-corrected chi connectivity index (χ1v) is 10.8. The van der Waals surface area contributed by atoms with Crippen molar-refractivity contribution in [3.8, 4) is 5.75 Å². The van der Waals surface area contributed by atoms with Crippen LogP contribution < -0.4 is 9.64 Å². The van der Waals surface area contributed by atoms with Crippen molar-refractivity contribution in [2.24, 2.45) is 0 Å². The van der Waals surface area contributed by atoms with Crippen LogP contribution in [0.1, 0.15) is 16.8 Å². The van der Waals surface area contributed by atoms with Gasteiger partial charge < -0.3 is 9.64 Å². The van der Waals surface area contributed by atoms with E-state index in [4.69, 9.17) is 4.74 Å². The number of sulfonamides is 1. The quantitative estimate of drug-likeness (QED) is 0.637. The van der Waals surface area contributed by atoms with Crippen LogP contribution in [0.4, 0.5) is 5.82 Å². The third kappa shape index (κ3) is 3.42. The first-order valence-electron chi connectivity index (χ1n) is 9.39. The van der Waals surface area contributed by atoms with Crippen LogP contribution in [-0.2, 0) is 10.0 Å². The van der Waals surface area contributed by atoms with Crippen molar-refractivity contribution in [1.29, 1.82) is 0 Å². The molecule has 0 bridgehead atoms. The molecule has 1 aromatic carbocycles. The lowest BCUT2D eigenvalue weighted by Gasteiger charge is -2.35. The summed E-state index contributed by atoms with van der Waals surface area (Å²) < 4.78 is 35.1. The van der Waals surface area contributed by atoms with E-state index in [-0.39, 0.29) is 4.90 Å². The molecular formula is C19H24N6O3S. The zero-order valence-electron chi connectivity index (χ0n) is 17.0. The molecule has 9 nitrogen and oxygen atoms in total. The Hall–Kier alpha value is -2.72. The van der Waals surface area contributed by atoms with Crippen molar-refractivity contribution in [2.75, 3.05) is 38.2 Å². The smallest absolute Gasteiger partial charge is 0.254 e. The fourth-order valence-electron chi connectivity index (χ4n) is 3.56. The minimum absolute atomic E-state index is 0.218. The first kappa shape index (κ1) is 19.6. The normalized spacial score (nSPS) is 15.8. The molecule has 0 spiro atoms. The summed E-state index contributed by atoms with van der Waals surface area (Å²) in [6.07, 6.45) is 1.47. The number of benzene rings is 1. The van der Waals surface area contributed by atoms with E-state index < -0.39 is 10.0 Å². The van der Waals surface area contributed by atoms with Crippen LogP contribution in [0.25, 0.3) is 5.78 Å². The van der Waals surface area contributed by atoms with Gasteiger partial charge in [0.1, 0.15) is 22.8 Å². The SMILES string of the molecule is COc1cc(C)c(C)cc1S(=O)(=O)N1CCN(c2cc(C)nc3ncnn23)CC1. The van der Waals surface area contributed by atoms with E-state index in [2.05, 4.69) is 20.0 Å². The highest BCUT2D eigenvalue weighted by Crippen LogP contribution is 2.30. The number of fused-ring (bicyclic) bond motifs is 1. The summed E-state index contributed by atoms with van der Waals surface area (Å²) in [7, 11) is -2.16. The minimum atomic E-state index is -3.65. The number of nitrogens with zero attached hydrogens (tertiary/aromatic N) is 6. The van der Waals surface area contributed by atoms with Crippen molar-refractivity contribution < 1.29 is 13.2 Å². The predicted octanol–water partition coefficient (Wildman–Crippen LogP) is 1.57. The van der Waals surface area contributed by atoms with Gasteiger partial charge >= 0.3 is 0 Å². The molecule has 154 valence electrons. The molecule has 10 heteroatoms. The molecule has 1 aliphatic rings. The van der Waals surface area contributed by atoms with Gasteiger partial charge in [0, 0.05) is 37.9 Å². The molecule has 0 atom stereocenters. The second-order valence-electron chi connectivity index (χ2n) is 7.21. The van der Waals surface area contributed by atoms with Crippen LogP contribution in [0.15, 0.2) is 29.4 Å². The number of aromatic nitrogens is 4. The summed E-state index contributed by atoms with van der Waals surface area (Å²) in [5, 5.41) is 4.24. The topological polar surface area (TPSA) is 92.9 Å². The van der Waals surface area contributed by atoms with Crippen LogP contribution in [-0.4, -0.2) is 65.6 Å². The maximum Gasteiger partial charge on any atom is 0.254 e. The van der Waals surface area contributed by atoms with Gasteiger partial charge in [-0.2, -0.15) is 18.9 Å². The van der Waals surface area contributed by atoms with E-state index in [1.807, 2.05) is 26.8 Å². The number of hydrogen-bond donors (Lipinski definition) is 0. The number of hydrogen-bond acceptors (Lipinski definition) is 7. The van der Waals surface area contributed by atoms with E-state index >= 15 is 0 Å². The first-order chi connectivity index (χ1) is 13.8. The van der Waals surface area contributed by atoms with Gasteiger partial charge in [-0.1, -0.05) is 0 Å². The average molecular weight is 417 g/mol. The van der Waals surface area contributed by atoms with Crippen molar-refractivity contribution in [2.45, 2.75) is 25.7 Å². The summed E-state index contributed by atoms with van der Waals surface area (Å²) in [5.41, 5.74) is 2.76. The Morgan fingerprint density at radius 3 is 2.38 bits per heavy atom. The van der Waals surface area contributed by atoms with Gasteiger partial charge in [-0.15, -0.1) is 0 Å². The lowest BCUT2D eigenvalue weighted by atomic mass is 10.1. The summed E-state index contributed by atoms with van der Waals surface area (Å²) in [6.45, 7) is 7.59. The molecule has 0 amide bonds. The third-order valence-electron chi connectivity index (χ3n) is 5.32. The summed E-state index contributed by atoms with van der Waals surface area (Å²) in [5.74, 6) is 1.78. The highest BCUT2D eigenvalue weighted by atomic mass is 32.2. The van der Waals surface area contributed by atoms with Crippen LogP contribution in [0.2, 0.25) is 0 Å². The highest BCUT2D eigenvalue weighted by molar-refractivity contribution is 7.89.